The van der Waals surface area contributed by atoms with E-state index in [1.165, 1.54) is 5.56 Å². The Hall–Kier alpha value is -1.78. The summed E-state index contributed by atoms with van der Waals surface area (Å²) < 4.78 is 5.55. The Morgan fingerprint density at radius 3 is 2.57 bits per heavy atom. The van der Waals surface area contributed by atoms with Gasteiger partial charge in [-0.1, -0.05) is 37.2 Å². The van der Waals surface area contributed by atoms with E-state index in [1.807, 2.05) is 37.8 Å². The summed E-state index contributed by atoms with van der Waals surface area (Å²) in [6.07, 6.45) is 4.38. The average molecular weight is 432 g/mol. The highest BCUT2D eigenvalue weighted by molar-refractivity contribution is 6.30. The Morgan fingerprint density at radius 2 is 1.97 bits per heavy atom. The molecule has 30 heavy (non-hydrogen) atoms. The Balaban J connectivity index is 1.83. The smallest absolute Gasteiger partial charge is 0.410 e. The van der Waals surface area contributed by atoms with Gasteiger partial charge < -0.3 is 14.7 Å². The lowest BCUT2D eigenvalue weighted by atomic mass is 9.71. The first kappa shape index (κ1) is 22.9. The predicted molar refractivity (Wildman–Crippen MR) is 123 cm³/mol. The number of nitrogens with zero attached hydrogens (tertiary/aromatic N) is 1. The Labute approximate surface area is 185 Å². The van der Waals surface area contributed by atoms with Gasteiger partial charge in [0.1, 0.15) is 5.60 Å². The Bertz CT molecular complexity index is 831. The van der Waals surface area contributed by atoms with Crippen LogP contribution in [0.1, 0.15) is 64.0 Å². The summed E-state index contributed by atoms with van der Waals surface area (Å²) in [7, 11) is 0. The number of benzene rings is 1. The summed E-state index contributed by atoms with van der Waals surface area (Å²) in [6.45, 7) is 13.8. The number of ether oxygens (including phenoxy) is 1. The van der Waals surface area contributed by atoms with Crippen molar-refractivity contribution >= 4 is 23.8 Å². The molecule has 0 aromatic heterocycles. The van der Waals surface area contributed by atoms with Crippen molar-refractivity contribution in [2.45, 2.75) is 58.5 Å². The number of hydrogen-bond donors (Lipinski definition) is 1. The third-order valence-electron chi connectivity index (χ3n) is 6.32. The number of halogens is 1. The van der Waals surface area contributed by atoms with Crippen molar-refractivity contribution in [1.82, 2.24) is 4.90 Å². The van der Waals surface area contributed by atoms with E-state index in [1.54, 1.807) is 0 Å². The van der Waals surface area contributed by atoms with Gasteiger partial charge in [0.05, 0.1) is 0 Å². The van der Waals surface area contributed by atoms with Crippen molar-refractivity contribution in [3.63, 3.8) is 0 Å². The van der Waals surface area contributed by atoms with Crippen molar-refractivity contribution < 1.29 is 14.6 Å². The van der Waals surface area contributed by atoms with Gasteiger partial charge in [0.2, 0.25) is 0 Å². The van der Waals surface area contributed by atoms with Crippen LogP contribution in [0.4, 0.5) is 4.79 Å². The minimum Gasteiger partial charge on any atom is -0.444 e. The zero-order chi connectivity index (χ0) is 22.1. The second kappa shape index (κ2) is 9.15. The van der Waals surface area contributed by atoms with Crippen LogP contribution in [0.3, 0.4) is 0 Å². The molecule has 5 heteroatoms. The molecule has 1 aliphatic carbocycles. The van der Waals surface area contributed by atoms with Gasteiger partial charge in [-0.05, 0) is 92.2 Å². The highest BCUT2D eigenvalue weighted by Gasteiger charge is 2.37. The summed E-state index contributed by atoms with van der Waals surface area (Å²) in [6, 6.07) is 6.12. The van der Waals surface area contributed by atoms with E-state index in [2.05, 4.69) is 25.6 Å². The molecule has 1 N–H and O–H groups in total. The van der Waals surface area contributed by atoms with Crippen molar-refractivity contribution in [3.05, 3.63) is 52.1 Å². The number of rotatable bonds is 3. The normalized spacial score (nSPS) is 22.9. The highest BCUT2D eigenvalue weighted by atomic mass is 35.5. The van der Waals surface area contributed by atoms with Crippen LogP contribution in [0.15, 0.2) is 35.9 Å². The second-order valence-electron chi connectivity index (χ2n) is 9.56. The molecule has 0 radical (unpaired) electrons. The fourth-order valence-corrected chi connectivity index (χ4v) is 5.00. The number of allylic oxidation sites excluding steroid dienone is 1. The molecule has 1 aliphatic heterocycles. The zero-order valence-electron chi connectivity index (χ0n) is 18.6. The number of hydrogen-bond acceptors (Lipinski definition) is 3. The van der Waals surface area contributed by atoms with E-state index >= 15 is 0 Å². The summed E-state index contributed by atoms with van der Waals surface area (Å²) in [5.41, 5.74) is 4.12. The molecule has 1 heterocycles. The largest absolute Gasteiger partial charge is 0.444 e. The lowest BCUT2D eigenvalue weighted by molar-refractivity contribution is 0.0168. The first-order valence-electron chi connectivity index (χ1n) is 10.9. The van der Waals surface area contributed by atoms with Crippen LogP contribution >= 0.6 is 11.6 Å². The van der Waals surface area contributed by atoms with Crippen molar-refractivity contribution in [1.29, 1.82) is 0 Å². The van der Waals surface area contributed by atoms with Crippen LogP contribution in [-0.4, -0.2) is 41.4 Å². The van der Waals surface area contributed by atoms with Gasteiger partial charge in [-0.25, -0.2) is 4.79 Å². The molecule has 2 atom stereocenters. The summed E-state index contributed by atoms with van der Waals surface area (Å²) in [4.78, 5) is 14.3. The summed E-state index contributed by atoms with van der Waals surface area (Å²) in [5.74, 6) is 0.999. The number of carbonyl (C=O) groups is 1. The molecule has 3 rings (SSSR count). The number of amides is 1. The van der Waals surface area contributed by atoms with Crippen LogP contribution in [0.2, 0.25) is 5.02 Å². The van der Waals surface area contributed by atoms with E-state index in [9.17, 15) is 9.90 Å². The molecule has 1 amide bonds. The van der Waals surface area contributed by atoms with Gasteiger partial charge >= 0.3 is 6.09 Å². The molecule has 1 aromatic rings. The monoisotopic (exact) mass is 431 g/mol. The first-order valence-corrected chi connectivity index (χ1v) is 11.3. The van der Waals surface area contributed by atoms with E-state index in [-0.39, 0.29) is 18.6 Å². The maximum Gasteiger partial charge on any atom is 0.410 e. The molecular formula is C25H34ClNO3. The number of aliphatic hydroxyl groups is 1. The van der Waals surface area contributed by atoms with E-state index in [0.717, 1.165) is 29.6 Å². The summed E-state index contributed by atoms with van der Waals surface area (Å²) in [5, 5.41) is 10.3. The van der Waals surface area contributed by atoms with Crippen LogP contribution in [0.5, 0.6) is 0 Å². The fourth-order valence-electron chi connectivity index (χ4n) is 4.82. The molecule has 1 saturated heterocycles. The number of carbonyl (C=O) groups excluding carboxylic acids is 1. The molecule has 0 saturated carbocycles. The Kier molecular flexibility index (Phi) is 6.98. The lowest BCUT2D eigenvalue weighted by Gasteiger charge is -2.39. The molecule has 2 unspecified atom stereocenters. The predicted octanol–water partition coefficient (Wildman–Crippen LogP) is 6.04. The average Bonchev–Trinajstić information content (AvgIpc) is 2.76. The standard InChI is InChI=1S/C25H34ClNO3/c1-16-17(2)23(18-8-11-27(12-9-18)24(29)30-25(3,4)5)22-7-6-21(26)15-20(22)14-19(16)10-13-28/h6-7,14-15,17-18,23,28H,1,8-13H2,2-5H3. The SMILES string of the molecule is C=C1C(CCO)=Cc2cc(Cl)ccc2C(C2CCN(C(=O)OC(C)(C)C)CC2)C1C. The van der Waals surface area contributed by atoms with Crippen LogP contribution < -0.4 is 0 Å². The number of likely N-dealkylation sites (tertiary alicyclic amines) is 1. The van der Waals surface area contributed by atoms with Gasteiger partial charge in [0.15, 0.2) is 0 Å². The zero-order valence-corrected chi connectivity index (χ0v) is 19.3. The van der Waals surface area contributed by atoms with Crippen molar-refractivity contribution in [3.8, 4) is 0 Å². The maximum atomic E-state index is 12.5. The fraction of sp³-hybridized carbons (Fsp3) is 0.560. The molecule has 0 spiro atoms. The topological polar surface area (TPSA) is 49.8 Å². The van der Waals surface area contributed by atoms with E-state index < -0.39 is 5.60 Å². The minimum atomic E-state index is -0.478. The number of fused-ring (bicyclic) bond motifs is 1. The lowest BCUT2D eigenvalue weighted by Crippen LogP contribution is -2.43. The number of aliphatic hydroxyl groups excluding tert-OH is 1. The van der Waals surface area contributed by atoms with Gasteiger partial charge in [0.25, 0.3) is 0 Å². The molecular weight excluding hydrogens is 398 g/mol. The second-order valence-corrected chi connectivity index (χ2v) is 10.00. The van der Waals surface area contributed by atoms with Crippen LogP contribution in [0, 0.1) is 11.8 Å². The molecule has 0 bridgehead atoms. The number of piperidine rings is 1. The molecule has 2 aliphatic rings. The van der Waals surface area contributed by atoms with Crippen LogP contribution in [-0.2, 0) is 4.74 Å². The van der Waals surface area contributed by atoms with Gasteiger partial charge in [0, 0.05) is 24.7 Å². The van der Waals surface area contributed by atoms with E-state index in [0.29, 0.717) is 36.4 Å². The first-order chi connectivity index (χ1) is 14.1. The van der Waals surface area contributed by atoms with Crippen LogP contribution in [0.25, 0.3) is 6.08 Å². The third-order valence-corrected chi connectivity index (χ3v) is 6.55. The molecule has 4 nitrogen and oxygen atoms in total. The van der Waals surface area contributed by atoms with E-state index in [4.69, 9.17) is 16.3 Å². The molecule has 164 valence electrons. The maximum absolute atomic E-state index is 12.5. The van der Waals surface area contributed by atoms with Gasteiger partial charge in [-0.3, -0.25) is 0 Å². The Morgan fingerprint density at radius 1 is 1.30 bits per heavy atom. The minimum absolute atomic E-state index is 0.104. The third kappa shape index (κ3) is 5.09. The van der Waals surface area contributed by atoms with Crippen molar-refractivity contribution in [2.24, 2.45) is 11.8 Å². The highest BCUT2D eigenvalue weighted by Crippen LogP contribution is 2.47. The van der Waals surface area contributed by atoms with Gasteiger partial charge in [-0.15, -0.1) is 0 Å². The van der Waals surface area contributed by atoms with Gasteiger partial charge in [-0.2, -0.15) is 0 Å². The van der Waals surface area contributed by atoms with Crippen molar-refractivity contribution in [2.75, 3.05) is 19.7 Å². The summed E-state index contributed by atoms with van der Waals surface area (Å²) >= 11 is 6.31. The molecule has 1 fully saturated rings. The molecule has 1 aromatic carbocycles. The quantitative estimate of drug-likeness (QED) is 0.634.